The van der Waals surface area contributed by atoms with Crippen molar-refractivity contribution in [2.45, 2.75) is 23.8 Å². The fourth-order valence-electron chi connectivity index (χ4n) is 2.85. The van der Waals surface area contributed by atoms with Gasteiger partial charge in [-0.25, -0.2) is 0 Å². The van der Waals surface area contributed by atoms with E-state index in [1.54, 1.807) is 16.7 Å². The van der Waals surface area contributed by atoms with Gasteiger partial charge in [-0.15, -0.1) is 10.2 Å². The van der Waals surface area contributed by atoms with E-state index in [9.17, 15) is 9.59 Å². The van der Waals surface area contributed by atoms with E-state index >= 15 is 0 Å². The molecule has 2 amide bonds. The summed E-state index contributed by atoms with van der Waals surface area (Å²) in [6, 6.07) is 9.44. The van der Waals surface area contributed by atoms with Crippen LogP contribution in [0.3, 0.4) is 0 Å². The highest BCUT2D eigenvalue weighted by molar-refractivity contribution is 7.99. The van der Waals surface area contributed by atoms with Crippen LogP contribution in [-0.2, 0) is 15.3 Å². The first kappa shape index (κ1) is 19.8. The lowest BCUT2D eigenvalue weighted by Crippen LogP contribution is -2.42. The quantitative estimate of drug-likeness (QED) is 0.707. The fourth-order valence-corrected chi connectivity index (χ4v) is 3.90. The lowest BCUT2D eigenvalue weighted by Gasteiger charge is -2.31. The number of hydrogen-bond donors (Lipinski definition) is 1. The van der Waals surface area contributed by atoms with Crippen molar-refractivity contribution in [1.82, 2.24) is 15.1 Å². The van der Waals surface area contributed by atoms with Crippen molar-refractivity contribution in [2.75, 3.05) is 30.4 Å². The minimum absolute atomic E-state index is 0.0230. The van der Waals surface area contributed by atoms with Crippen molar-refractivity contribution in [3.05, 3.63) is 36.2 Å². The van der Waals surface area contributed by atoms with Crippen LogP contribution in [0.2, 0.25) is 0 Å². The SMILES string of the molecule is CSCc1nnc(SCC(=O)N2CCC(C(=O)Nc3ccccc3)CC2)o1. The van der Waals surface area contributed by atoms with E-state index in [0.29, 0.717) is 42.8 Å². The smallest absolute Gasteiger partial charge is 0.277 e. The Labute approximate surface area is 166 Å². The van der Waals surface area contributed by atoms with Crippen molar-refractivity contribution in [3.8, 4) is 0 Å². The Morgan fingerprint density at radius 3 is 2.67 bits per heavy atom. The first-order chi connectivity index (χ1) is 13.2. The number of hydrogen-bond acceptors (Lipinski definition) is 7. The van der Waals surface area contributed by atoms with Crippen molar-refractivity contribution in [1.29, 1.82) is 0 Å². The highest BCUT2D eigenvalue weighted by Crippen LogP contribution is 2.22. The first-order valence-corrected chi connectivity index (χ1v) is 11.1. The standard InChI is InChI=1S/C18H22N4O3S2/c1-26-11-15-20-21-18(25-15)27-12-16(23)22-9-7-13(8-10-22)17(24)19-14-5-3-2-4-6-14/h2-6,13H,7-12H2,1H3,(H,19,24). The molecule has 1 aliphatic heterocycles. The van der Waals surface area contributed by atoms with Crippen LogP contribution in [-0.4, -0.2) is 52.0 Å². The van der Waals surface area contributed by atoms with E-state index < -0.39 is 0 Å². The van der Waals surface area contributed by atoms with Gasteiger partial charge in [-0.2, -0.15) is 11.8 Å². The molecule has 0 atom stereocenters. The largest absolute Gasteiger partial charge is 0.415 e. The summed E-state index contributed by atoms with van der Waals surface area (Å²) < 4.78 is 5.46. The van der Waals surface area contributed by atoms with E-state index in [1.165, 1.54) is 11.8 Å². The lowest BCUT2D eigenvalue weighted by molar-refractivity contribution is -0.132. The van der Waals surface area contributed by atoms with Crippen LogP contribution in [0.15, 0.2) is 40.0 Å². The van der Waals surface area contributed by atoms with Gasteiger partial charge in [0.1, 0.15) is 0 Å². The lowest BCUT2D eigenvalue weighted by atomic mass is 9.96. The first-order valence-electron chi connectivity index (χ1n) is 8.73. The number of benzene rings is 1. The number of aromatic nitrogens is 2. The van der Waals surface area contributed by atoms with Crippen LogP contribution in [0.5, 0.6) is 0 Å². The molecule has 7 nitrogen and oxygen atoms in total. The second-order valence-corrected chi connectivity index (χ2v) is 7.99. The molecule has 1 aliphatic rings. The summed E-state index contributed by atoms with van der Waals surface area (Å²) in [4.78, 5) is 26.5. The summed E-state index contributed by atoms with van der Waals surface area (Å²) in [6.45, 7) is 1.18. The predicted molar refractivity (Wildman–Crippen MR) is 107 cm³/mol. The molecule has 3 rings (SSSR count). The number of amides is 2. The number of piperidine rings is 1. The number of thioether (sulfide) groups is 2. The number of para-hydroxylation sites is 1. The Bertz CT molecular complexity index is 761. The fraction of sp³-hybridized carbons (Fsp3) is 0.444. The molecule has 1 fully saturated rings. The molecule has 27 heavy (non-hydrogen) atoms. The monoisotopic (exact) mass is 406 g/mol. The molecule has 2 heterocycles. The molecule has 1 N–H and O–H groups in total. The van der Waals surface area contributed by atoms with Gasteiger partial charge in [0.2, 0.25) is 17.7 Å². The van der Waals surface area contributed by atoms with Crippen molar-refractivity contribution < 1.29 is 14.0 Å². The maximum atomic E-state index is 12.4. The van der Waals surface area contributed by atoms with E-state index in [1.807, 2.05) is 36.6 Å². The predicted octanol–water partition coefficient (Wildman–Crippen LogP) is 2.90. The zero-order valence-electron chi connectivity index (χ0n) is 15.1. The van der Waals surface area contributed by atoms with Crippen LogP contribution in [0, 0.1) is 5.92 Å². The number of rotatable bonds is 7. The Hall–Kier alpha value is -2.00. The van der Waals surface area contributed by atoms with Crippen LogP contribution in [0.4, 0.5) is 5.69 Å². The van der Waals surface area contributed by atoms with Gasteiger partial charge in [-0.1, -0.05) is 30.0 Å². The van der Waals surface area contributed by atoms with E-state index in [-0.39, 0.29) is 23.5 Å². The van der Waals surface area contributed by atoms with E-state index in [4.69, 9.17) is 4.42 Å². The van der Waals surface area contributed by atoms with Gasteiger partial charge in [0.05, 0.1) is 11.5 Å². The Morgan fingerprint density at radius 2 is 1.96 bits per heavy atom. The third-order valence-corrected chi connectivity index (χ3v) is 5.63. The van der Waals surface area contributed by atoms with Gasteiger partial charge in [0.25, 0.3) is 5.22 Å². The summed E-state index contributed by atoms with van der Waals surface area (Å²) in [6.07, 6.45) is 3.31. The number of nitrogens with one attached hydrogen (secondary N) is 1. The number of likely N-dealkylation sites (tertiary alicyclic amines) is 1. The van der Waals surface area contributed by atoms with Crippen molar-refractivity contribution in [2.24, 2.45) is 5.92 Å². The Kier molecular flexibility index (Phi) is 7.17. The van der Waals surface area contributed by atoms with Crippen LogP contribution in [0.1, 0.15) is 18.7 Å². The third-order valence-electron chi connectivity index (χ3n) is 4.30. The number of carbonyl (C=O) groups excluding carboxylic acids is 2. The third kappa shape index (κ3) is 5.74. The summed E-state index contributed by atoms with van der Waals surface area (Å²) in [7, 11) is 0. The van der Waals surface area contributed by atoms with Crippen LogP contribution < -0.4 is 5.32 Å². The zero-order chi connectivity index (χ0) is 19.1. The Balaban J connectivity index is 1.41. The molecule has 0 saturated carbocycles. The summed E-state index contributed by atoms with van der Waals surface area (Å²) in [5.41, 5.74) is 0.804. The average Bonchev–Trinajstić information content (AvgIpc) is 3.15. The maximum Gasteiger partial charge on any atom is 0.277 e. The molecule has 1 saturated heterocycles. The molecule has 0 unspecified atom stereocenters. The van der Waals surface area contributed by atoms with Crippen molar-refractivity contribution >= 4 is 41.0 Å². The molecule has 0 spiro atoms. The molecule has 9 heteroatoms. The maximum absolute atomic E-state index is 12.4. The zero-order valence-corrected chi connectivity index (χ0v) is 16.7. The number of nitrogens with zero attached hydrogens (tertiary/aromatic N) is 3. The molecule has 2 aromatic rings. The normalized spacial score (nSPS) is 14.9. The van der Waals surface area contributed by atoms with Gasteiger partial charge >= 0.3 is 0 Å². The van der Waals surface area contributed by atoms with Crippen LogP contribution in [0.25, 0.3) is 0 Å². The van der Waals surface area contributed by atoms with Gasteiger partial charge in [0, 0.05) is 24.7 Å². The van der Waals surface area contributed by atoms with E-state index in [2.05, 4.69) is 15.5 Å². The molecule has 1 aromatic heterocycles. The summed E-state index contributed by atoms with van der Waals surface area (Å²) in [5.74, 6) is 1.50. The van der Waals surface area contributed by atoms with Crippen LogP contribution >= 0.6 is 23.5 Å². The average molecular weight is 407 g/mol. The number of carbonyl (C=O) groups is 2. The molecule has 0 radical (unpaired) electrons. The molecular weight excluding hydrogens is 384 g/mol. The Morgan fingerprint density at radius 1 is 1.22 bits per heavy atom. The summed E-state index contributed by atoms with van der Waals surface area (Å²) >= 11 is 2.86. The highest BCUT2D eigenvalue weighted by atomic mass is 32.2. The molecule has 0 bridgehead atoms. The van der Waals surface area contributed by atoms with Crippen molar-refractivity contribution in [3.63, 3.8) is 0 Å². The topological polar surface area (TPSA) is 88.3 Å². The minimum Gasteiger partial charge on any atom is -0.415 e. The van der Waals surface area contributed by atoms with Gasteiger partial charge in [-0.3, -0.25) is 9.59 Å². The molecule has 144 valence electrons. The summed E-state index contributed by atoms with van der Waals surface area (Å²) in [5, 5.41) is 11.2. The highest BCUT2D eigenvalue weighted by Gasteiger charge is 2.27. The van der Waals surface area contributed by atoms with E-state index in [0.717, 1.165) is 5.69 Å². The second kappa shape index (κ2) is 9.80. The number of anilines is 1. The molecule has 1 aromatic carbocycles. The molecular formula is C18H22N4O3S2. The second-order valence-electron chi connectivity index (χ2n) is 6.19. The van der Waals surface area contributed by atoms with Gasteiger partial charge < -0.3 is 14.6 Å². The minimum atomic E-state index is -0.0630. The van der Waals surface area contributed by atoms with Gasteiger partial charge in [-0.05, 0) is 31.2 Å². The van der Waals surface area contributed by atoms with Gasteiger partial charge in [0.15, 0.2) is 0 Å². The molecule has 0 aliphatic carbocycles.